The molecule has 3 nitrogen and oxygen atoms in total. The van der Waals surface area contributed by atoms with Crippen LogP contribution in [0, 0.1) is 0 Å². The number of ether oxygens (including phenoxy) is 1. The molecule has 116 valence electrons. The predicted octanol–water partition coefficient (Wildman–Crippen LogP) is 4.14. The van der Waals surface area contributed by atoms with Crippen LogP contribution in [-0.4, -0.2) is 18.4 Å². The molecule has 0 heterocycles. The lowest BCUT2D eigenvalue weighted by molar-refractivity contribution is -0.137. The van der Waals surface area contributed by atoms with Gasteiger partial charge < -0.3 is 4.74 Å². The minimum atomic E-state index is -0.562. The lowest BCUT2D eigenvalue weighted by Crippen LogP contribution is -2.14. The maximum Gasteiger partial charge on any atom is 0.342 e. The summed E-state index contributed by atoms with van der Waals surface area (Å²) in [7, 11) is 0. The summed E-state index contributed by atoms with van der Waals surface area (Å²) in [4.78, 5) is 25.1. The van der Waals surface area contributed by atoms with Gasteiger partial charge in [0.25, 0.3) is 0 Å². The van der Waals surface area contributed by atoms with Crippen LogP contribution in [0.2, 0.25) is 0 Å². The molecule has 0 radical (unpaired) electrons. The fraction of sp³-hybridized carbons (Fsp3) is 0.158. The first-order chi connectivity index (χ1) is 11.2. The largest absolute Gasteiger partial charge is 0.462 e. The highest BCUT2D eigenvalue weighted by Gasteiger charge is 2.35. The average molecular weight is 371 g/mol. The molecular formula is C19H15BrO3. The minimum absolute atomic E-state index is 0.125. The normalized spacial score (nSPS) is 13.2. The summed E-state index contributed by atoms with van der Waals surface area (Å²) in [5.41, 5.74) is 3.96. The van der Waals surface area contributed by atoms with Crippen molar-refractivity contribution >= 4 is 33.3 Å². The monoisotopic (exact) mass is 370 g/mol. The van der Waals surface area contributed by atoms with E-state index >= 15 is 0 Å². The lowest BCUT2D eigenvalue weighted by atomic mass is 9.97. The van der Waals surface area contributed by atoms with Gasteiger partial charge in [-0.15, -0.1) is 0 Å². The Hall–Kier alpha value is -2.20. The third-order valence-corrected chi connectivity index (χ3v) is 4.42. The molecule has 0 unspecified atom stereocenters. The van der Waals surface area contributed by atoms with Gasteiger partial charge in [0.05, 0.1) is 6.61 Å². The maximum atomic E-state index is 12.8. The molecule has 2 aromatic rings. The molecule has 0 N–H and O–H groups in total. The maximum absolute atomic E-state index is 12.8. The second-order valence-electron chi connectivity index (χ2n) is 5.18. The number of rotatable bonds is 4. The van der Waals surface area contributed by atoms with Crippen molar-refractivity contribution in [3.8, 4) is 0 Å². The molecule has 0 fully saturated rings. The fourth-order valence-electron chi connectivity index (χ4n) is 2.77. The van der Waals surface area contributed by atoms with Crippen LogP contribution in [0.15, 0.2) is 54.1 Å². The van der Waals surface area contributed by atoms with Crippen molar-refractivity contribution in [2.75, 3.05) is 6.61 Å². The lowest BCUT2D eigenvalue weighted by Gasteiger charge is -2.08. The van der Waals surface area contributed by atoms with E-state index < -0.39 is 5.97 Å². The average Bonchev–Trinajstić information content (AvgIpc) is 2.88. The van der Waals surface area contributed by atoms with E-state index in [1.54, 1.807) is 6.92 Å². The highest BCUT2D eigenvalue weighted by molar-refractivity contribution is 9.08. The predicted molar refractivity (Wildman–Crippen MR) is 92.5 cm³/mol. The van der Waals surface area contributed by atoms with Crippen molar-refractivity contribution in [2.45, 2.75) is 12.3 Å². The Balaban J connectivity index is 2.23. The van der Waals surface area contributed by atoms with E-state index in [1.165, 1.54) is 0 Å². The molecule has 3 rings (SSSR count). The Kier molecular flexibility index (Phi) is 4.44. The molecular weight excluding hydrogens is 356 g/mol. The van der Waals surface area contributed by atoms with Crippen LogP contribution < -0.4 is 0 Å². The van der Waals surface area contributed by atoms with E-state index in [4.69, 9.17) is 4.74 Å². The zero-order valence-corrected chi connectivity index (χ0v) is 14.2. The van der Waals surface area contributed by atoms with Crippen LogP contribution in [0.4, 0.5) is 0 Å². The van der Waals surface area contributed by atoms with Gasteiger partial charge in [-0.2, -0.15) is 0 Å². The van der Waals surface area contributed by atoms with Gasteiger partial charge >= 0.3 is 5.97 Å². The highest BCUT2D eigenvalue weighted by Crippen LogP contribution is 2.38. The Bertz CT molecular complexity index is 807. The van der Waals surface area contributed by atoms with Gasteiger partial charge in [0.2, 0.25) is 5.78 Å². The summed E-state index contributed by atoms with van der Waals surface area (Å²) in [6, 6.07) is 15.2. The molecule has 1 aliphatic carbocycles. The highest BCUT2D eigenvalue weighted by atomic mass is 79.9. The number of ketones is 1. The summed E-state index contributed by atoms with van der Waals surface area (Å²) < 4.78 is 5.11. The third kappa shape index (κ3) is 2.75. The minimum Gasteiger partial charge on any atom is -0.462 e. The van der Waals surface area contributed by atoms with E-state index in [-0.39, 0.29) is 18.0 Å². The Morgan fingerprint density at radius 2 is 1.83 bits per heavy atom. The molecule has 1 aliphatic rings. The molecule has 0 amide bonds. The van der Waals surface area contributed by atoms with Crippen molar-refractivity contribution in [2.24, 2.45) is 0 Å². The third-order valence-electron chi connectivity index (χ3n) is 3.77. The zero-order valence-electron chi connectivity index (χ0n) is 12.6. The van der Waals surface area contributed by atoms with Gasteiger partial charge in [0.15, 0.2) is 0 Å². The number of halogens is 1. The van der Waals surface area contributed by atoms with E-state index in [2.05, 4.69) is 15.9 Å². The Labute approximate surface area is 143 Å². The molecule has 0 spiro atoms. The number of esters is 1. The SMILES string of the molecule is CCOC(=O)C1=C(c2ccccc2)c2ccc(CBr)cc2C1=O. The Morgan fingerprint density at radius 3 is 2.48 bits per heavy atom. The number of hydrogen-bond acceptors (Lipinski definition) is 3. The molecule has 0 bridgehead atoms. The van der Waals surface area contributed by atoms with Crippen LogP contribution in [0.1, 0.15) is 34.0 Å². The standard InChI is InChI=1S/C19H15BrO3/c1-2-23-19(22)17-16(13-6-4-3-5-7-13)14-9-8-12(11-20)10-15(14)18(17)21/h3-10H,2,11H2,1H3. The topological polar surface area (TPSA) is 43.4 Å². The van der Waals surface area contributed by atoms with Crippen LogP contribution in [-0.2, 0) is 14.9 Å². The Morgan fingerprint density at radius 1 is 1.09 bits per heavy atom. The van der Waals surface area contributed by atoms with Gasteiger partial charge in [0, 0.05) is 16.5 Å². The molecule has 0 saturated heterocycles. The summed E-state index contributed by atoms with van der Waals surface area (Å²) in [5, 5.41) is 0.656. The molecule has 0 saturated carbocycles. The molecule has 2 aromatic carbocycles. The first-order valence-electron chi connectivity index (χ1n) is 7.38. The van der Waals surface area contributed by atoms with Crippen molar-refractivity contribution < 1.29 is 14.3 Å². The fourth-order valence-corrected chi connectivity index (χ4v) is 3.11. The first-order valence-corrected chi connectivity index (χ1v) is 8.50. The summed E-state index contributed by atoms with van der Waals surface area (Å²) in [6.45, 7) is 1.97. The molecule has 0 aliphatic heterocycles. The van der Waals surface area contributed by atoms with E-state index in [1.807, 2.05) is 48.5 Å². The number of hydrogen-bond donors (Lipinski definition) is 0. The quantitative estimate of drug-likeness (QED) is 0.461. The zero-order chi connectivity index (χ0) is 16.4. The second kappa shape index (κ2) is 6.50. The smallest absolute Gasteiger partial charge is 0.342 e. The van der Waals surface area contributed by atoms with E-state index in [0.717, 1.165) is 16.7 Å². The van der Waals surface area contributed by atoms with Gasteiger partial charge in [-0.3, -0.25) is 4.79 Å². The summed E-state index contributed by atoms with van der Waals surface area (Å²) in [5.74, 6) is -0.826. The van der Waals surface area contributed by atoms with Crippen LogP contribution in [0.5, 0.6) is 0 Å². The van der Waals surface area contributed by atoms with Gasteiger partial charge in [-0.05, 0) is 29.7 Å². The van der Waals surface area contributed by atoms with Crippen molar-refractivity contribution in [1.82, 2.24) is 0 Å². The molecule has 23 heavy (non-hydrogen) atoms. The first kappa shape index (κ1) is 15.7. The number of Topliss-reactive ketones (excluding diaryl/α,β-unsaturated/α-hetero) is 1. The van der Waals surface area contributed by atoms with Crippen LogP contribution in [0.25, 0.3) is 5.57 Å². The molecule has 0 atom stereocenters. The number of carbonyl (C=O) groups is 2. The molecule has 4 heteroatoms. The van der Waals surface area contributed by atoms with E-state index in [0.29, 0.717) is 16.5 Å². The number of carbonyl (C=O) groups excluding carboxylic acids is 2. The second-order valence-corrected chi connectivity index (χ2v) is 5.74. The number of alkyl halides is 1. The van der Waals surface area contributed by atoms with E-state index in [9.17, 15) is 9.59 Å². The molecule has 0 aromatic heterocycles. The number of fused-ring (bicyclic) bond motifs is 1. The summed E-state index contributed by atoms with van der Waals surface area (Å²) in [6.07, 6.45) is 0. The van der Waals surface area contributed by atoms with Gasteiger partial charge in [-0.1, -0.05) is 58.4 Å². The van der Waals surface area contributed by atoms with Gasteiger partial charge in [-0.25, -0.2) is 4.79 Å². The van der Waals surface area contributed by atoms with Crippen molar-refractivity contribution in [1.29, 1.82) is 0 Å². The van der Waals surface area contributed by atoms with Crippen LogP contribution in [0.3, 0.4) is 0 Å². The van der Waals surface area contributed by atoms with Crippen molar-refractivity contribution in [3.05, 3.63) is 76.4 Å². The number of benzene rings is 2. The van der Waals surface area contributed by atoms with Crippen molar-refractivity contribution in [3.63, 3.8) is 0 Å². The summed E-state index contributed by atoms with van der Waals surface area (Å²) >= 11 is 3.40. The van der Waals surface area contributed by atoms with Gasteiger partial charge in [0.1, 0.15) is 5.57 Å². The van der Waals surface area contributed by atoms with Crippen LogP contribution >= 0.6 is 15.9 Å².